The molecule has 0 aromatic carbocycles. The Morgan fingerprint density at radius 3 is 2.64 bits per heavy atom. The highest BCUT2D eigenvalue weighted by Gasteiger charge is 2.34. The van der Waals surface area contributed by atoms with Crippen LogP contribution in [-0.4, -0.2) is 43.1 Å². The van der Waals surface area contributed by atoms with E-state index >= 15 is 0 Å². The van der Waals surface area contributed by atoms with Crippen LogP contribution in [0.15, 0.2) is 18.6 Å². The fourth-order valence-electron chi connectivity index (χ4n) is 3.98. The number of ether oxygens (including phenoxy) is 1. The summed E-state index contributed by atoms with van der Waals surface area (Å²) in [6.07, 6.45) is 1.86. The monoisotopic (exact) mass is 455 g/mol. The lowest BCUT2D eigenvalue weighted by atomic mass is 10.1. The van der Waals surface area contributed by atoms with E-state index in [9.17, 15) is 18.8 Å². The van der Waals surface area contributed by atoms with E-state index in [1.165, 1.54) is 6.20 Å². The average Bonchev–Trinajstić information content (AvgIpc) is 3.46. The number of rotatable bonds is 6. The fourth-order valence-corrected chi connectivity index (χ4v) is 3.98. The summed E-state index contributed by atoms with van der Waals surface area (Å²) in [7, 11) is 0. The highest BCUT2D eigenvalue weighted by molar-refractivity contribution is 5.92. The number of aryl methyl sites for hydroxylation is 1. The van der Waals surface area contributed by atoms with Gasteiger partial charge in [-0.1, -0.05) is 0 Å². The molecule has 1 N–H and O–H groups in total. The molecule has 4 heterocycles. The van der Waals surface area contributed by atoms with Crippen molar-refractivity contribution in [2.24, 2.45) is 0 Å². The largest absolute Gasteiger partial charge is 0.376 e. The van der Waals surface area contributed by atoms with Crippen LogP contribution in [0.2, 0.25) is 0 Å². The van der Waals surface area contributed by atoms with E-state index < -0.39 is 24.1 Å². The molecule has 0 saturated carbocycles. The third-order valence-electron chi connectivity index (χ3n) is 5.65. The van der Waals surface area contributed by atoms with Crippen LogP contribution in [0, 0.1) is 18.3 Å². The molecule has 0 aliphatic carbocycles. The first-order valence-electron chi connectivity index (χ1n) is 10.6. The predicted octanol–water partition coefficient (Wildman–Crippen LogP) is 3.57. The zero-order valence-electron chi connectivity index (χ0n) is 18.4. The van der Waals surface area contributed by atoms with Gasteiger partial charge >= 0.3 is 0 Å². The molecular weight excluding hydrogens is 432 g/mol. The number of nitriles is 1. The van der Waals surface area contributed by atoms with Gasteiger partial charge in [-0.05, 0) is 39.2 Å². The van der Waals surface area contributed by atoms with Gasteiger partial charge in [0.05, 0.1) is 24.1 Å². The van der Waals surface area contributed by atoms with Gasteiger partial charge < -0.3 is 14.6 Å². The molecule has 0 bridgehead atoms. The number of carbonyl (C=O) groups is 1. The molecule has 0 unspecified atom stereocenters. The number of nitrogens with zero attached hydrogens (tertiary/aromatic N) is 6. The molecule has 11 heteroatoms. The maximum absolute atomic E-state index is 13.0. The Morgan fingerprint density at radius 1 is 1.27 bits per heavy atom. The number of alkyl halides is 2. The average molecular weight is 455 g/mol. The number of fused-ring (bicyclic) bond motifs is 1. The fraction of sp³-hybridized carbons (Fsp3) is 0.455. The number of aromatic nitrogens is 5. The summed E-state index contributed by atoms with van der Waals surface area (Å²) < 4.78 is 33.4. The smallest absolute Gasteiger partial charge is 0.281 e. The summed E-state index contributed by atoms with van der Waals surface area (Å²) in [5, 5.41) is 12.3. The third kappa shape index (κ3) is 4.26. The number of hydrogen-bond donors (Lipinski definition) is 1. The van der Waals surface area contributed by atoms with E-state index in [2.05, 4.69) is 26.3 Å². The zero-order chi connectivity index (χ0) is 23.7. The summed E-state index contributed by atoms with van der Waals surface area (Å²) in [5.41, 5.74) is 1.73. The van der Waals surface area contributed by atoms with Crippen molar-refractivity contribution in [3.63, 3.8) is 0 Å². The molecular formula is C22H23F2N7O2. The number of amides is 1. The zero-order valence-corrected chi connectivity index (χ0v) is 18.4. The minimum Gasteiger partial charge on any atom is -0.376 e. The van der Waals surface area contributed by atoms with E-state index in [-0.39, 0.29) is 17.8 Å². The van der Waals surface area contributed by atoms with Crippen LogP contribution in [0.4, 0.5) is 8.78 Å². The van der Waals surface area contributed by atoms with Gasteiger partial charge in [-0.15, -0.1) is 0 Å². The Bertz CT molecular complexity index is 1210. The van der Waals surface area contributed by atoms with Crippen molar-refractivity contribution in [1.82, 2.24) is 29.8 Å². The second kappa shape index (κ2) is 9.15. The molecule has 33 heavy (non-hydrogen) atoms. The van der Waals surface area contributed by atoms with Crippen LogP contribution in [0.3, 0.4) is 0 Å². The molecule has 4 rings (SSSR count). The SMILES string of the molecule is Cc1c(C#N)cnc2c1nc([C@@H](NC(=O)c1cnc(C(F)F)cn1)[C@H]1CCCO1)n2C(C)C. The van der Waals surface area contributed by atoms with Crippen molar-refractivity contribution in [2.75, 3.05) is 6.61 Å². The van der Waals surface area contributed by atoms with E-state index in [1.54, 1.807) is 0 Å². The first-order valence-corrected chi connectivity index (χ1v) is 10.6. The maximum atomic E-state index is 13.0. The molecule has 1 saturated heterocycles. The first kappa shape index (κ1) is 22.7. The molecule has 1 aliphatic rings. The first-order chi connectivity index (χ1) is 15.8. The molecule has 1 fully saturated rings. The lowest BCUT2D eigenvalue weighted by molar-refractivity contribution is 0.0640. The van der Waals surface area contributed by atoms with Crippen molar-refractivity contribution >= 4 is 17.1 Å². The predicted molar refractivity (Wildman–Crippen MR) is 114 cm³/mol. The van der Waals surface area contributed by atoms with Crippen molar-refractivity contribution in [3.8, 4) is 6.07 Å². The molecule has 172 valence electrons. The van der Waals surface area contributed by atoms with Crippen LogP contribution < -0.4 is 5.32 Å². The summed E-state index contributed by atoms with van der Waals surface area (Å²) in [6, 6.07) is 1.43. The topological polar surface area (TPSA) is 119 Å². The van der Waals surface area contributed by atoms with Gasteiger partial charge in [-0.2, -0.15) is 5.26 Å². The molecule has 1 aliphatic heterocycles. The Hall–Kier alpha value is -3.52. The quantitative estimate of drug-likeness (QED) is 0.603. The minimum absolute atomic E-state index is 0.0456. The molecule has 2 atom stereocenters. The van der Waals surface area contributed by atoms with E-state index in [0.29, 0.717) is 41.1 Å². The second-order valence-electron chi connectivity index (χ2n) is 8.14. The Labute approximate surface area is 188 Å². The summed E-state index contributed by atoms with van der Waals surface area (Å²) in [4.78, 5) is 29.7. The van der Waals surface area contributed by atoms with Crippen LogP contribution in [0.25, 0.3) is 11.2 Å². The second-order valence-corrected chi connectivity index (χ2v) is 8.14. The van der Waals surface area contributed by atoms with Gasteiger partial charge in [-0.3, -0.25) is 9.78 Å². The highest BCUT2D eigenvalue weighted by Crippen LogP contribution is 2.32. The van der Waals surface area contributed by atoms with Crippen LogP contribution in [0.5, 0.6) is 0 Å². The molecule has 0 spiro atoms. The Morgan fingerprint density at radius 2 is 2.06 bits per heavy atom. The standard InChI is InChI=1S/C22H23F2N7O2/c1-11(2)31-20-17(12(3)13(7-25)8-28-20)29-21(31)18(16-5-4-6-33-16)30-22(32)15-10-26-14(9-27-15)19(23)24/h8-11,16,18-19H,4-6H2,1-3H3,(H,30,32)/t16-,18+/m1/s1. The number of pyridine rings is 1. The summed E-state index contributed by atoms with van der Waals surface area (Å²) in [6.45, 7) is 6.31. The molecule has 1 amide bonds. The highest BCUT2D eigenvalue weighted by atomic mass is 19.3. The normalized spacial score (nSPS) is 17.0. The number of halogens is 2. The third-order valence-corrected chi connectivity index (χ3v) is 5.65. The molecule has 9 nitrogen and oxygen atoms in total. The van der Waals surface area contributed by atoms with Crippen LogP contribution >= 0.6 is 0 Å². The lowest BCUT2D eigenvalue weighted by Gasteiger charge is -2.25. The van der Waals surface area contributed by atoms with Gasteiger partial charge in [0, 0.05) is 18.8 Å². The number of hydrogen-bond acceptors (Lipinski definition) is 7. The van der Waals surface area contributed by atoms with Crippen LogP contribution in [0.1, 0.15) is 78.3 Å². The summed E-state index contributed by atoms with van der Waals surface area (Å²) in [5.74, 6) is -0.0309. The van der Waals surface area contributed by atoms with Gasteiger partial charge in [0.15, 0.2) is 5.65 Å². The number of imidazole rings is 1. The van der Waals surface area contributed by atoms with Crippen molar-refractivity contribution in [3.05, 3.63) is 46.9 Å². The molecule has 3 aromatic heterocycles. The van der Waals surface area contributed by atoms with Gasteiger partial charge in [0.2, 0.25) is 0 Å². The van der Waals surface area contributed by atoms with Crippen LogP contribution in [-0.2, 0) is 4.74 Å². The number of nitrogens with one attached hydrogen (secondary N) is 1. The van der Waals surface area contributed by atoms with E-state index in [1.807, 2.05) is 25.3 Å². The Balaban J connectivity index is 1.77. The van der Waals surface area contributed by atoms with Gasteiger partial charge in [0.25, 0.3) is 12.3 Å². The van der Waals surface area contributed by atoms with E-state index in [4.69, 9.17) is 9.72 Å². The van der Waals surface area contributed by atoms with Gasteiger partial charge in [-0.25, -0.2) is 23.7 Å². The lowest BCUT2D eigenvalue weighted by Crippen LogP contribution is -2.38. The van der Waals surface area contributed by atoms with E-state index in [0.717, 1.165) is 18.8 Å². The maximum Gasteiger partial charge on any atom is 0.281 e. The molecule has 0 radical (unpaired) electrons. The molecule has 3 aromatic rings. The van der Waals surface area contributed by atoms with Crippen molar-refractivity contribution < 1.29 is 18.3 Å². The summed E-state index contributed by atoms with van der Waals surface area (Å²) >= 11 is 0. The number of carbonyl (C=O) groups excluding carboxylic acids is 1. The Kier molecular flexibility index (Phi) is 6.29. The van der Waals surface area contributed by atoms with Crippen molar-refractivity contribution in [1.29, 1.82) is 5.26 Å². The van der Waals surface area contributed by atoms with Gasteiger partial charge in [0.1, 0.15) is 34.8 Å². The minimum atomic E-state index is -2.77. The van der Waals surface area contributed by atoms with Crippen molar-refractivity contribution in [2.45, 2.75) is 58.2 Å².